The molecule has 0 aromatic carbocycles. The van der Waals surface area contributed by atoms with Crippen LogP contribution in [0.4, 0.5) is 0 Å². The number of aliphatic carboxylic acids is 1. The van der Waals surface area contributed by atoms with Crippen LogP contribution in [0.15, 0.2) is 17.4 Å². The van der Waals surface area contributed by atoms with E-state index < -0.39 is 10.8 Å². The summed E-state index contributed by atoms with van der Waals surface area (Å²) in [6.07, 6.45) is 2.95. The van der Waals surface area contributed by atoms with Gasteiger partial charge in [-0.25, -0.2) is 4.79 Å². The van der Waals surface area contributed by atoms with E-state index >= 15 is 0 Å². The van der Waals surface area contributed by atoms with Crippen molar-refractivity contribution in [1.82, 2.24) is 5.32 Å². The van der Waals surface area contributed by atoms with Crippen LogP contribution >= 0.6 is 12.6 Å². The van der Waals surface area contributed by atoms with Gasteiger partial charge in [-0.1, -0.05) is 0 Å². The molecule has 0 fully saturated rings. The Morgan fingerprint density at radius 1 is 1.91 bits per heavy atom. The Labute approximate surface area is 69.4 Å². The summed E-state index contributed by atoms with van der Waals surface area (Å²) in [6, 6.07) is 0. The molecule has 11 heavy (non-hydrogen) atoms. The van der Waals surface area contributed by atoms with Gasteiger partial charge in [0, 0.05) is 12.4 Å². The van der Waals surface area contributed by atoms with Crippen LogP contribution in [-0.4, -0.2) is 21.7 Å². The summed E-state index contributed by atoms with van der Waals surface area (Å²) in [6.45, 7) is 1.61. The Morgan fingerprint density at radius 2 is 2.55 bits per heavy atom. The quantitative estimate of drug-likeness (QED) is 0.496. The molecular weight excluding hydrogens is 164 g/mol. The van der Waals surface area contributed by atoms with Gasteiger partial charge in [-0.2, -0.15) is 0 Å². The number of carboxylic acids is 1. The highest BCUT2D eigenvalue weighted by atomic mass is 32.1. The number of carboxylic acid groups (broad SMARTS) is 1. The van der Waals surface area contributed by atoms with E-state index in [2.05, 4.69) is 22.9 Å². The van der Waals surface area contributed by atoms with Crippen molar-refractivity contribution >= 4 is 24.3 Å². The number of thiol groups is 1. The number of rotatable bonds is 1. The molecule has 0 bridgehead atoms. The lowest BCUT2D eigenvalue weighted by atomic mass is 10.1. The fourth-order valence-corrected chi connectivity index (χ4v) is 0.854. The first-order valence-corrected chi connectivity index (χ1v) is 3.45. The molecule has 1 aliphatic rings. The van der Waals surface area contributed by atoms with Crippen molar-refractivity contribution in [2.45, 2.75) is 11.8 Å². The summed E-state index contributed by atoms with van der Waals surface area (Å²) in [5, 5.41) is 11.3. The highest BCUT2D eigenvalue weighted by Gasteiger charge is 2.37. The number of aliphatic imine (C=N–C) groups is 1. The van der Waals surface area contributed by atoms with Gasteiger partial charge in [0.2, 0.25) is 4.87 Å². The summed E-state index contributed by atoms with van der Waals surface area (Å²) >= 11 is 3.95. The van der Waals surface area contributed by atoms with Crippen molar-refractivity contribution in [3.63, 3.8) is 0 Å². The van der Waals surface area contributed by atoms with Crippen LogP contribution in [0.3, 0.4) is 0 Å². The van der Waals surface area contributed by atoms with Gasteiger partial charge in [-0.15, -0.1) is 12.6 Å². The van der Waals surface area contributed by atoms with Gasteiger partial charge in [-0.05, 0) is 6.92 Å². The number of nitrogens with zero attached hydrogens (tertiary/aromatic N) is 1. The minimum atomic E-state index is -1.34. The second-order valence-electron chi connectivity index (χ2n) is 2.19. The van der Waals surface area contributed by atoms with E-state index in [0.717, 1.165) is 0 Å². The van der Waals surface area contributed by atoms with E-state index in [4.69, 9.17) is 5.11 Å². The van der Waals surface area contributed by atoms with Gasteiger partial charge in [0.1, 0.15) is 0 Å². The van der Waals surface area contributed by atoms with Crippen molar-refractivity contribution in [2.75, 3.05) is 0 Å². The Balaban J connectivity index is 2.97. The monoisotopic (exact) mass is 172 g/mol. The fourth-order valence-electron chi connectivity index (χ4n) is 0.721. The van der Waals surface area contributed by atoms with Crippen LogP contribution in [0.25, 0.3) is 0 Å². The van der Waals surface area contributed by atoms with Gasteiger partial charge in [-0.3, -0.25) is 4.99 Å². The van der Waals surface area contributed by atoms with Gasteiger partial charge >= 0.3 is 5.97 Å². The van der Waals surface area contributed by atoms with Crippen LogP contribution in [0.5, 0.6) is 0 Å². The Kier molecular flexibility index (Phi) is 1.90. The van der Waals surface area contributed by atoms with E-state index in [1.54, 1.807) is 6.92 Å². The third-order valence-corrected chi connectivity index (χ3v) is 2.11. The molecule has 0 amide bonds. The zero-order chi connectivity index (χ0) is 8.48. The molecule has 2 N–H and O–H groups in total. The fraction of sp³-hybridized carbons (Fsp3) is 0.333. The maximum Gasteiger partial charge on any atom is 0.345 e. The van der Waals surface area contributed by atoms with E-state index in [9.17, 15) is 4.79 Å². The SMILES string of the molecule is CC1=NC=CNC1(S)C(=O)O. The Bertz CT molecular complexity index is 249. The molecule has 0 saturated heterocycles. The van der Waals surface area contributed by atoms with Crippen molar-refractivity contribution < 1.29 is 9.90 Å². The first-order valence-electron chi connectivity index (χ1n) is 3.01. The molecule has 1 unspecified atom stereocenters. The molecular formula is C6H8N2O2S. The molecule has 0 radical (unpaired) electrons. The minimum absolute atomic E-state index is 0.427. The third kappa shape index (κ3) is 1.23. The lowest BCUT2D eigenvalue weighted by Gasteiger charge is -2.25. The largest absolute Gasteiger partial charge is 0.479 e. The second-order valence-corrected chi connectivity index (χ2v) is 2.86. The summed E-state index contributed by atoms with van der Waals surface area (Å²) in [5.74, 6) is -1.05. The summed E-state index contributed by atoms with van der Waals surface area (Å²) < 4.78 is 0. The molecule has 1 aliphatic heterocycles. The normalized spacial score (nSPS) is 29.1. The maximum atomic E-state index is 10.6. The lowest BCUT2D eigenvalue weighted by molar-refractivity contribution is -0.138. The maximum absolute atomic E-state index is 10.6. The van der Waals surface area contributed by atoms with Crippen LogP contribution in [-0.2, 0) is 4.79 Å². The smallest absolute Gasteiger partial charge is 0.345 e. The highest BCUT2D eigenvalue weighted by Crippen LogP contribution is 2.16. The van der Waals surface area contributed by atoms with Crippen molar-refractivity contribution in [3.8, 4) is 0 Å². The second kappa shape index (κ2) is 2.58. The molecule has 5 heteroatoms. The first kappa shape index (κ1) is 8.13. The van der Waals surface area contributed by atoms with Crippen LogP contribution in [0, 0.1) is 0 Å². The summed E-state index contributed by atoms with van der Waals surface area (Å²) in [4.78, 5) is 13.1. The standard InChI is InChI=1S/C6H8N2O2S/c1-4-6(11,5(9)10)8-3-2-7-4/h2-3,8,11H,1H3,(H,9,10). The molecule has 0 saturated carbocycles. The zero-order valence-electron chi connectivity index (χ0n) is 5.90. The first-order chi connectivity index (χ1) is 5.07. The summed E-state index contributed by atoms with van der Waals surface area (Å²) in [5.41, 5.74) is 0.427. The van der Waals surface area contributed by atoms with Gasteiger partial charge in [0.25, 0.3) is 0 Å². The number of hydrogen-bond acceptors (Lipinski definition) is 4. The van der Waals surface area contributed by atoms with Crippen LogP contribution < -0.4 is 5.32 Å². The molecule has 0 aromatic heterocycles. The van der Waals surface area contributed by atoms with E-state index in [1.807, 2.05) is 0 Å². The number of carbonyl (C=O) groups is 1. The average molecular weight is 172 g/mol. The van der Waals surface area contributed by atoms with Crippen LogP contribution in [0.1, 0.15) is 6.92 Å². The van der Waals surface area contributed by atoms with E-state index in [1.165, 1.54) is 12.4 Å². The van der Waals surface area contributed by atoms with Crippen molar-refractivity contribution in [1.29, 1.82) is 0 Å². The molecule has 1 atom stereocenters. The van der Waals surface area contributed by atoms with E-state index in [-0.39, 0.29) is 0 Å². The summed E-state index contributed by atoms with van der Waals surface area (Å²) in [7, 11) is 0. The van der Waals surface area contributed by atoms with Crippen molar-refractivity contribution in [3.05, 3.63) is 12.4 Å². The predicted octanol–water partition coefficient (Wildman–Crippen LogP) is 0.232. The topological polar surface area (TPSA) is 61.7 Å². The third-order valence-electron chi connectivity index (χ3n) is 1.47. The number of nitrogens with one attached hydrogen (secondary N) is 1. The van der Waals surface area contributed by atoms with Crippen LogP contribution in [0.2, 0.25) is 0 Å². The zero-order valence-corrected chi connectivity index (χ0v) is 6.80. The average Bonchev–Trinajstić information content (AvgIpc) is 1.95. The number of hydrogen-bond donors (Lipinski definition) is 3. The lowest BCUT2D eigenvalue weighted by Crippen LogP contribution is -2.51. The molecule has 4 nitrogen and oxygen atoms in total. The highest BCUT2D eigenvalue weighted by molar-refractivity contribution is 7.83. The van der Waals surface area contributed by atoms with Crippen molar-refractivity contribution in [2.24, 2.45) is 4.99 Å². The molecule has 1 heterocycles. The molecule has 0 aromatic rings. The van der Waals surface area contributed by atoms with Gasteiger partial charge < -0.3 is 10.4 Å². The van der Waals surface area contributed by atoms with E-state index in [0.29, 0.717) is 5.71 Å². The van der Waals surface area contributed by atoms with Gasteiger partial charge in [0.15, 0.2) is 0 Å². The molecule has 0 spiro atoms. The minimum Gasteiger partial charge on any atom is -0.479 e. The van der Waals surface area contributed by atoms with Gasteiger partial charge in [0.05, 0.1) is 5.71 Å². The molecule has 1 rings (SSSR count). The predicted molar refractivity (Wildman–Crippen MR) is 44.7 cm³/mol. The molecule has 60 valence electrons. The Hall–Kier alpha value is -0.970. The Morgan fingerprint density at radius 3 is 2.91 bits per heavy atom. The molecule has 0 aliphatic carbocycles.